The van der Waals surface area contributed by atoms with Crippen molar-refractivity contribution in [2.75, 3.05) is 11.6 Å². The van der Waals surface area contributed by atoms with Gasteiger partial charge < -0.3 is 4.42 Å². The SMILES string of the molecule is CCn1nc(C)cc1C(=O)Nc1nnc(Cc2ccc(SC)cc2)o1. The summed E-state index contributed by atoms with van der Waals surface area (Å²) in [6.07, 6.45) is 2.55. The molecule has 1 amide bonds. The van der Waals surface area contributed by atoms with Gasteiger partial charge in [0.25, 0.3) is 5.91 Å². The minimum atomic E-state index is -0.318. The average molecular weight is 357 g/mol. The molecule has 8 heteroatoms. The molecule has 0 saturated carbocycles. The van der Waals surface area contributed by atoms with Gasteiger partial charge in [0.2, 0.25) is 5.89 Å². The number of nitrogens with one attached hydrogen (secondary N) is 1. The van der Waals surface area contributed by atoms with Gasteiger partial charge in [-0.1, -0.05) is 17.2 Å². The summed E-state index contributed by atoms with van der Waals surface area (Å²) in [5.41, 5.74) is 2.32. The van der Waals surface area contributed by atoms with E-state index in [2.05, 4.69) is 20.6 Å². The molecule has 0 saturated heterocycles. The Morgan fingerprint density at radius 2 is 2.04 bits per heavy atom. The summed E-state index contributed by atoms with van der Waals surface area (Å²) in [5, 5.41) is 14.8. The molecule has 2 heterocycles. The predicted molar refractivity (Wildman–Crippen MR) is 95.9 cm³/mol. The van der Waals surface area contributed by atoms with Gasteiger partial charge in [-0.2, -0.15) is 5.10 Å². The van der Waals surface area contributed by atoms with Crippen LogP contribution in [0.4, 0.5) is 6.01 Å². The fourth-order valence-electron chi connectivity index (χ4n) is 2.42. The van der Waals surface area contributed by atoms with Gasteiger partial charge in [-0.3, -0.25) is 14.8 Å². The lowest BCUT2D eigenvalue weighted by atomic mass is 10.1. The second kappa shape index (κ2) is 7.52. The third kappa shape index (κ3) is 4.08. The summed E-state index contributed by atoms with van der Waals surface area (Å²) in [4.78, 5) is 13.5. The molecule has 0 radical (unpaired) electrons. The minimum absolute atomic E-state index is 0.0854. The summed E-state index contributed by atoms with van der Waals surface area (Å²) in [6.45, 7) is 4.38. The number of nitrogens with zero attached hydrogens (tertiary/aromatic N) is 4. The van der Waals surface area contributed by atoms with Crippen LogP contribution in [0.1, 0.15) is 34.6 Å². The van der Waals surface area contributed by atoms with E-state index in [4.69, 9.17) is 4.42 Å². The summed E-state index contributed by atoms with van der Waals surface area (Å²) in [6, 6.07) is 9.96. The Morgan fingerprint density at radius 3 is 2.72 bits per heavy atom. The highest BCUT2D eigenvalue weighted by Crippen LogP contribution is 2.17. The first-order chi connectivity index (χ1) is 12.1. The van der Waals surface area contributed by atoms with Crippen LogP contribution >= 0.6 is 11.8 Å². The normalized spacial score (nSPS) is 10.8. The lowest BCUT2D eigenvalue weighted by Gasteiger charge is -2.03. The van der Waals surface area contributed by atoms with Crippen LogP contribution in [0.15, 0.2) is 39.6 Å². The van der Waals surface area contributed by atoms with Gasteiger partial charge in [0.05, 0.1) is 12.1 Å². The maximum Gasteiger partial charge on any atom is 0.322 e. The lowest BCUT2D eigenvalue weighted by Crippen LogP contribution is -2.17. The molecule has 25 heavy (non-hydrogen) atoms. The number of aromatic nitrogens is 4. The van der Waals surface area contributed by atoms with E-state index in [1.54, 1.807) is 22.5 Å². The van der Waals surface area contributed by atoms with Gasteiger partial charge >= 0.3 is 6.01 Å². The topological polar surface area (TPSA) is 85.8 Å². The number of benzene rings is 1. The van der Waals surface area contributed by atoms with E-state index in [1.807, 2.05) is 44.4 Å². The van der Waals surface area contributed by atoms with Crippen LogP contribution in [0.2, 0.25) is 0 Å². The zero-order valence-electron chi connectivity index (χ0n) is 14.3. The second-order valence-electron chi connectivity index (χ2n) is 5.47. The van der Waals surface area contributed by atoms with Crippen LogP contribution in [0, 0.1) is 6.92 Å². The van der Waals surface area contributed by atoms with E-state index >= 15 is 0 Å². The van der Waals surface area contributed by atoms with Crippen LogP contribution in [-0.2, 0) is 13.0 Å². The number of amides is 1. The van der Waals surface area contributed by atoms with Gasteiger partial charge in [-0.05, 0) is 43.9 Å². The van der Waals surface area contributed by atoms with E-state index in [0.29, 0.717) is 24.6 Å². The molecule has 0 aliphatic rings. The Morgan fingerprint density at radius 1 is 1.28 bits per heavy atom. The zero-order valence-corrected chi connectivity index (χ0v) is 15.1. The first-order valence-corrected chi connectivity index (χ1v) is 9.12. The van der Waals surface area contributed by atoms with E-state index < -0.39 is 0 Å². The summed E-state index contributed by atoms with van der Waals surface area (Å²) < 4.78 is 7.16. The third-order valence-electron chi connectivity index (χ3n) is 3.64. The maximum atomic E-state index is 12.3. The quantitative estimate of drug-likeness (QED) is 0.682. The molecule has 0 unspecified atom stereocenters. The van der Waals surface area contributed by atoms with Crippen LogP contribution in [0.25, 0.3) is 0 Å². The molecule has 1 N–H and O–H groups in total. The number of rotatable bonds is 6. The van der Waals surface area contributed by atoms with Gasteiger partial charge in [0.1, 0.15) is 5.69 Å². The molecule has 130 valence electrons. The third-order valence-corrected chi connectivity index (χ3v) is 4.38. The number of hydrogen-bond acceptors (Lipinski definition) is 6. The van der Waals surface area contributed by atoms with Gasteiger partial charge in [-0.15, -0.1) is 16.9 Å². The Kier molecular flexibility index (Phi) is 5.18. The van der Waals surface area contributed by atoms with E-state index in [-0.39, 0.29) is 11.9 Å². The summed E-state index contributed by atoms with van der Waals surface area (Å²) in [5.74, 6) is 0.134. The number of anilines is 1. The fraction of sp³-hybridized carbons (Fsp3) is 0.294. The van der Waals surface area contributed by atoms with Gasteiger partial charge in [0.15, 0.2) is 0 Å². The Labute approximate surface area is 149 Å². The predicted octanol–water partition coefficient (Wildman–Crippen LogP) is 3.16. The largest absolute Gasteiger partial charge is 0.407 e. The standard InChI is InChI=1S/C17H19N5O2S/c1-4-22-14(9-11(2)21-22)16(23)18-17-20-19-15(24-17)10-12-5-7-13(25-3)8-6-12/h5-9H,4,10H2,1-3H3,(H,18,20,23). The second-order valence-corrected chi connectivity index (χ2v) is 6.35. The molecular weight excluding hydrogens is 338 g/mol. The molecule has 0 spiro atoms. The van der Waals surface area contributed by atoms with E-state index in [0.717, 1.165) is 11.3 Å². The van der Waals surface area contributed by atoms with Crippen LogP contribution < -0.4 is 5.32 Å². The van der Waals surface area contributed by atoms with Crippen LogP contribution in [0.3, 0.4) is 0 Å². The van der Waals surface area contributed by atoms with Crippen LogP contribution in [-0.4, -0.2) is 32.1 Å². The molecule has 3 aromatic rings. The van der Waals surface area contributed by atoms with Crippen molar-refractivity contribution in [3.05, 3.63) is 53.2 Å². The van der Waals surface area contributed by atoms with Gasteiger partial charge in [0, 0.05) is 11.4 Å². The summed E-state index contributed by atoms with van der Waals surface area (Å²) in [7, 11) is 0. The van der Waals surface area contributed by atoms with Crippen LogP contribution in [0.5, 0.6) is 0 Å². The average Bonchev–Trinajstić information content (AvgIpc) is 3.21. The molecule has 3 rings (SSSR count). The van der Waals surface area contributed by atoms with Gasteiger partial charge in [-0.25, -0.2) is 0 Å². The fourth-order valence-corrected chi connectivity index (χ4v) is 2.83. The Bertz CT molecular complexity index is 870. The minimum Gasteiger partial charge on any atom is -0.407 e. The molecule has 0 fully saturated rings. The number of aryl methyl sites for hydroxylation is 2. The van der Waals surface area contributed by atoms with Crippen molar-refractivity contribution in [1.29, 1.82) is 0 Å². The number of hydrogen-bond donors (Lipinski definition) is 1. The summed E-state index contributed by atoms with van der Waals surface area (Å²) >= 11 is 1.69. The van der Waals surface area contributed by atoms with E-state index in [9.17, 15) is 4.79 Å². The molecule has 0 aliphatic heterocycles. The highest BCUT2D eigenvalue weighted by molar-refractivity contribution is 7.98. The smallest absolute Gasteiger partial charge is 0.322 e. The van der Waals surface area contributed by atoms with E-state index in [1.165, 1.54) is 4.90 Å². The molecule has 2 aromatic heterocycles. The van der Waals surface area contributed by atoms with Crippen molar-refractivity contribution in [1.82, 2.24) is 20.0 Å². The van der Waals surface area contributed by atoms with Crippen molar-refractivity contribution in [2.45, 2.75) is 31.7 Å². The van der Waals surface area contributed by atoms with Crippen molar-refractivity contribution in [3.63, 3.8) is 0 Å². The zero-order chi connectivity index (χ0) is 17.8. The van der Waals surface area contributed by atoms with Crippen molar-refractivity contribution in [2.24, 2.45) is 0 Å². The molecule has 0 aliphatic carbocycles. The molecule has 0 bridgehead atoms. The molecular formula is C17H19N5O2S. The highest BCUT2D eigenvalue weighted by Gasteiger charge is 2.16. The Balaban J connectivity index is 1.67. The number of carbonyl (C=O) groups is 1. The molecule has 1 aromatic carbocycles. The first-order valence-electron chi connectivity index (χ1n) is 7.90. The first kappa shape index (κ1) is 17.2. The number of carbonyl (C=O) groups excluding carboxylic acids is 1. The van der Waals surface area contributed by atoms with Crippen molar-refractivity contribution in [3.8, 4) is 0 Å². The maximum absolute atomic E-state index is 12.3. The molecule has 0 atom stereocenters. The lowest BCUT2D eigenvalue weighted by molar-refractivity contribution is 0.101. The van der Waals surface area contributed by atoms with Crippen molar-refractivity contribution >= 4 is 23.7 Å². The molecule has 7 nitrogen and oxygen atoms in total. The Hall–Kier alpha value is -2.61. The monoisotopic (exact) mass is 357 g/mol. The van der Waals surface area contributed by atoms with Crippen molar-refractivity contribution < 1.29 is 9.21 Å². The number of thioether (sulfide) groups is 1. The highest BCUT2D eigenvalue weighted by atomic mass is 32.2.